The van der Waals surface area contributed by atoms with E-state index in [0.29, 0.717) is 0 Å². The number of nitrogens with one attached hydrogen (secondary N) is 2. The van der Waals surface area contributed by atoms with Gasteiger partial charge in [-0.2, -0.15) is 0 Å². The molecular formula is C16H25N5O2. The number of hydrogen-bond donors (Lipinski definition) is 2. The van der Waals surface area contributed by atoms with Crippen molar-refractivity contribution in [1.29, 1.82) is 0 Å². The highest BCUT2D eigenvalue weighted by Gasteiger charge is 2.26. The van der Waals surface area contributed by atoms with Gasteiger partial charge in [0.25, 0.3) is 0 Å². The predicted octanol–water partition coefficient (Wildman–Crippen LogP) is 1.31. The molecule has 0 unspecified atom stereocenters. The molecule has 23 heavy (non-hydrogen) atoms. The third kappa shape index (κ3) is 4.31. The van der Waals surface area contributed by atoms with Crippen molar-refractivity contribution >= 4 is 12.0 Å². The molecule has 2 saturated heterocycles. The number of amides is 2. The topological polar surface area (TPSA) is 79.4 Å². The third-order valence-corrected chi connectivity index (χ3v) is 4.55. The molecule has 2 aliphatic heterocycles. The first-order valence-electron chi connectivity index (χ1n) is 8.43. The highest BCUT2D eigenvalue weighted by Crippen LogP contribution is 2.16. The number of carbonyl (C=O) groups is 1. The van der Waals surface area contributed by atoms with Crippen molar-refractivity contribution in [3.8, 4) is 0 Å². The SMILES string of the molecule is C[C@@H](NC(=O)NC1CCN(c2ncccn2)CC1)[C@H]1CCCO1. The monoisotopic (exact) mass is 319 g/mol. The van der Waals surface area contributed by atoms with Crippen LogP contribution in [0.3, 0.4) is 0 Å². The Morgan fingerprint density at radius 2 is 2.04 bits per heavy atom. The van der Waals surface area contributed by atoms with Gasteiger partial charge in [-0.1, -0.05) is 0 Å². The molecule has 0 aromatic carbocycles. The molecule has 126 valence electrons. The second kappa shape index (κ2) is 7.59. The van der Waals surface area contributed by atoms with Gasteiger partial charge >= 0.3 is 6.03 Å². The summed E-state index contributed by atoms with van der Waals surface area (Å²) in [6, 6.07) is 1.97. The number of piperidine rings is 1. The Morgan fingerprint density at radius 3 is 2.70 bits per heavy atom. The summed E-state index contributed by atoms with van der Waals surface area (Å²) in [4.78, 5) is 22.8. The molecule has 2 fully saturated rings. The average molecular weight is 319 g/mol. The van der Waals surface area contributed by atoms with Gasteiger partial charge in [0.15, 0.2) is 0 Å². The molecule has 7 heteroatoms. The normalized spacial score (nSPS) is 23.5. The summed E-state index contributed by atoms with van der Waals surface area (Å²) in [6.45, 7) is 4.52. The fourth-order valence-corrected chi connectivity index (χ4v) is 3.20. The summed E-state index contributed by atoms with van der Waals surface area (Å²) in [5.41, 5.74) is 0. The average Bonchev–Trinajstić information content (AvgIpc) is 3.11. The van der Waals surface area contributed by atoms with Crippen LogP contribution in [0.4, 0.5) is 10.7 Å². The van der Waals surface area contributed by atoms with Gasteiger partial charge in [0.1, 0.15) is 0 Å². The van der Waals surface area contributed by atoms with Gasteiger partial charge in [0, 0.05) is 38.1 Å². The van der Waals surface area contributed by atoms with Crippen LogP contribution in [0.25, 0.3) is 0 Å². The Bertz CT molecular complexity index is 498. The maximum Gasteiger partial charge on any atom is 0.315 e. The number of rotatable bonds is 4. The first kappa shape index (κ1) is 16.0. The molecule has 1 aromatic heterocycles. The summed E-state index contributed by atoms with van der Waals surface area (Å²) in [5.74, 6) is 0.766. The third-order valence-electron chi connectivity index (χ3n) is 4.55. The molecular weight excluding hydrogens is 294 g/mol. The quantitative estimate of drug-likeness (QED) is 0.875. The van der Waals surface area contributed by atoms with Crippen molar-refractivity contribution in [3.63, 3.8) is 0 Å². The molecule has 2 aliphatic rings. The van der Waals surface area contributed by atoms with Gasteiger partial charge in [-0.25, -0.2) is 14.8 Å². The number of hydrogen-bond acceptors (Lipinski definition) is 5. The Morgan fingerprint density at radius 1 is 1.30 bits per heavy atom. The van der Waals surface area contributed by atoms with Gasteiger partial charge in [-0.15, -0.1) is 0 Å². The van der Waals surface area contributed by atoms with Crippen molar-refractivity contribution in [2.75, 3.05) is 24.6 Å². The lowest BCUT2D eigenvalue weighted by atomic mass is 10.1. The summed E-state index contributed by atoms with van der Waals surface area (Å²) in [7, 11) is 0. The van der Waals surface area contributed by atoms with E-state index >= 15 is 0 Å². The maximum absolute atomic E-state index is 12.1. The van der Waals surface area contributed by atoms with E-state index in [1.165, 1.54) is 0 Å². The number of nitrogens with zero attached hydrogens (tertiary/aromatic N) is 3. The maximum atomic E-state index is 12.1. The molecule has 0 radical (unpaired) electrons. The van der Waals surface area contributed by atoms with Gasteiger partial charge in [0.2, 0.25) is 5.95 Å². The van der Waals surface area contributed by atoms with Gasteiger partial charge < -0.3 is 20.3 Å². The molecule has 0 saturated carbocycles. The highest BCUT2D eigenvalue weighted by molar-refractivity contribution is 5.74. The van der Waals surface area contributed by atoms with Crippen LogP contribution in [-0.2, 0) is 4.74 Å². The van der Waals surface area contributed by atoms with Crippen LogP contribution < -0.4 is 15.5 Å². The van der Waals surface area contributed by atoms with Crippen molar-refractivity contribution in [2.45, 2.75) is 50.8 Å². The Kier molecular flexibility index (Phi) is 5.27. The number of urea groups is 1. The first-order valence-corrected chi connectivity index (χ1v) is 8.43. The van der Waals surface area contributed by atoms with E-state index in [1.54, 1.807) is 12.4 Å². The summed E-state index contributed by atoms with van der Waals surface area (Å²) >= 11 is 0. The van der Waals surface area contributed by atoms with Crippen LogP contribution >= 0.6 is 0 Å². The molecule has 3 heterocycles. The molecule has 2 amide bonds. The predicted molar refractivity (Wildman–Crippen MR) is 87.4 cm³/mol. The number of anilines is 1. The van der Waals surface area contributed by atoms with E-state index in [4.69, 9.17) is 4.74 Å². The molecule has 0 spiro atoms. The van der Waals surface area contributed by atoms with Gasteiger partial charge in [-0.05, 0) is 38.7 Å². The minimum absolute atomic E-state index is 0.0512. The second-order valence-electron chi connectivity index (χ2n) is 6.27. The summed E-state index contributed by atoms with van der Waals surface area (Å²) < 4.78 is 5.61. The smallest absolute Gasteiger partial charge is 0.315 e. The number of carbonyl (C=O) groups excluding carboxylic acids is 1. The molecule has 2 N–H and O–H groups in total. The largest absolute Gasteiger partial charge is 0.376 e. The van der Waals surface area contributed by atoms with Crippen LogP contribution in [-0.4, -0.2) is 53.9 Å². The zero-order valence-corrected chi connectivity index (χ0v) is 13.6. The van der Waals surface area contributed by atoms with E-state index in [9.17, 15) is 4.79 Å². The molecule has 0 aliphatic carbocycles. The summed E-state index contributed by atoms with van der Waals surface area (Å²) in [5, 5.41) is 6.07. The Hall–Kier alpha value is -1.89. The van der Waals surface area contributed by atoms with Crippen LogP contribution in [0.1, 0.15) is 32.6 Å². The molecule has 0 bridgehead atoms. The van der Waals surface area contributed by atoms with Gasteiger partial charge in [0.05, 0.1) is 12.1 Å². The van der Waals surface area contributed by atoms with Crippen molar-refractivity contribution in [3.05, 3.63) is 18.5 Å². The highest BCUT2D eigenvalue weighted by atomic mass is 16.5. The molecule has 7 nitrogen and oxygen atoms in total. The molecule has 1 aromatic rings. The van der Waals surface area contributed by atoms with E-state index in [-0.39, 0.29) is 24.2 Å². The minimum Gasteiger partial charge on any atom is -0.376 e. The van der Waals surface area contributed by atoms with Crippen molar-refractivity contribution in [2.24, 2.45) is 0 Å². The van der Waals surface area contributed by atoms with Crippen LogP contribution in [0.15, 0.2) is 18.5 Å². The second-order valence-corrected chi connectivity index (χ2v) is 6.27. The lowest BCUT2D eigenvalue weighted by Crippen LogP contribution is -2.51. The summed E-state index contributed by atoms with van der Waals surface area (Å²) in [6.07, 6.45) is 7.58. The van der Waals surface area contributed by atoms with E-state index in [1.807, 2.05) is 13.0 Å². The Labute approximate surface area is 136 Å². The first-order chi connectivity index (χ1) is 11.2. The number of ether oxygens (including phenoxy) is 1. The fourth-order valence-electron chi connectivity index (χ4n) is 3.20. The van der Waals surface area contributed by atoms with E-state index < -0.39 is 0 Å². The molecule has 2 atom stereocenters. The van der Waals surface area contributed by atoms with Crippen molar-refractivity contribution < 1.29 is 9.53 Å². The number of aromatic nitrogens is 2. The lowest BCUT2D eigenvalue weighted by Gasteiger charge is -2.32. The standard InChI is InChI=1S/C16H25N5O2/c1-12(14-4-2-11-23-14)19-16(22)20-13-5-9-21(10-6-13)15-17-7-3-8-18-15/h3,7-8,12-14H,2,4-6,9-11H2,1H3,(H2,19,20,22)/t12-,14-/m1/s1. The van der Waals surface area contributed by atoms with E-state index in [0.717, 1.165) is 51.3 Å². The lowest BCUT2D eigenvalue weighted by molar-refractivity contribution is 0.0858. The van der Waals surface area contributed by atoms with E-state index in [2.05, 4.69) is 25.5 Å². The Balaban J connectivity index is 1.40. The van der Waals surface area contributed by atoms with Gasteiger partial charge in [-0.3, -0.25) is 0 Å². The zero-order chi connectivity index (χ0) is 16.1. The van der Waals surface area contributed by atoms with Crippen LogP contribution in [0.5, 0.6) is 0 Å². The zero-order valence-electron chi connectivity index (χ0n) is 13.6. The minimum atomic E-state index is -0.0950. The molecule has 3 rings (SSSR count). The van der Waals surface area contributed by atoms with Crippen LogP contribution in [0.2, 0.25) is 0 Å². The van der Waals surface area contributed by atoms with Crippen molar-refractivity contribution in [1.82, 2.24) is 20.6 Å². The van der Waals surface area contributed by atoms with Crippen LogP contribution in [0, 0.1) is 0 Å². The fraction of sp³-hybridized carbons (Fsp3) is 0.688.